The molecule has 0 saturated carbocycles. The number of hydrogen-bond acceptors (Lipinski definition) is 2. The van der Waals surface area contributed by atoms with Gasteiger partial charge in [0.25, 0.3) is 15.4 Å². The number of fused-ring (bicyclic) bond motifs is 5. The van der Waals surface area contributed by atoms with Crippen molar-refractivity contribution in [3.63, 3.8) is 0 Å². The second-order valence-electron chi connectivity index (χ2n) is 6.18. The minimum atomic E-state index is 0.987. The molecule has 3 aromatic carbocycles. The molecule has 2 aromatic heterocycles. The highest BCUT2D eigenvalue weighted by atomic mass is 32.1. The molecule has 0 aliphatic heterocycles. The predicted octanol–water partition coefficient (Wildman–Crippen LogP) is 5.60. The van der Waals surface area contributed by atoms with E-state index in [-0.39, 0.29) is 0 Å². The summed E-state index contributed by atoms with van der Waals surface area (Å²) in [5.74, 6) is 0. The van der Waals surface area contributed by atoms with E-state index in [4.69, 9.17) is 4.42 Å². The van der Waals surface area contributed by atoms with E-state index in [2.05, 4.69) is 79.2 Å². The molecule has 0 fully saturated rings. The molecule has 24 heavy (non-hydrogen) atoms. The average Bonchev–Trinajstić information content (AvgIpc) is 3.12. The number of nitrogens with zero attached hydrogens (tertiary/aromatic N) is 1. The highest BCUT2D eigenvalue weighted by Gasteiger charge is 2.26. The van der Waals surface area contributed by atoms with Crippen LogP contribution in [0.1, 0.15) is 5.56 Å². The van der Waals surface area contributed by atoms with Crippen LogP contribution < -0.4 is 4.57 Å². The van der Waals surface area contributed by atoms with E-state index in [1.165, 1.54) is 37.8 Å². The van der Waals surface area contributed by atoms with Gasteiger partial charge in [-0.1, -0.05) is 48.5 Å². The zero-order valence-electron chi connectivity index (χ0n) is 13.5. The fraction of sp³-hybridized carbons (Fsp3) is 0.0952. The van der Waals surface area contributed by atoms with Crippen LogP contribution in [0.2, 0.25) is 0 Å². The normalized spacial score (nSPS) is 11.8. The largest absolute Gasteiger partial charge is 0.438 e. The summed E-state index contributed by atoms with van der Waals surface area (Å²) in [5.41, 5.74) is 4.72. The first kappa shape index (κ1) is 13.8. The summed E-state index contributed by atoms with van der Waals surface area (Å²) in [6.07, 6.45) is 0. The van der Waals surface area contributed by atoms with Gasteiger partial charge in [0.2, 0.25) is 0 Å². The van der Waals surface area contributed by atoms with Crippen LogP contribution in [0.3, 0.4) is 0 Å². The van der Waals surface area contributed by atoms with Crippen molar-refractivity contribution in [3.8, 4) is 10.6 Å². The first-order chi connectivity index (χ1) is 11.7. The lowest BCUT2D eigenvalue weighted by atomic mass is 10.1. The van der Waals surface area contributed by atoms with Crippen LogP contribution in [0.4, 0.5) is 0 Å². The smallest absolute Gasteiger partial charge is 0.273 e. The van der Waals surface area contributed by atoms with Crippen LogP contribution in [0, 0.1) is 6.92 Å². The van der Waals surface area contributed by atoms with Crippen LogP contribution in [-0.2, 0) is 7.05 Å². The Kier molecular flexibility index (Phi) is 2.82. The molecule has 0 bridgehead atoms. The van der Waals surface area contributed by atoms with Crippen molar-refractivity contribution in [1.29, 1.82) is 0 Å². The van der Waals surface area contributed by atoms with Gasteiger partial charge in [0, 0.05) is 5.39 Å². The van der Waals surface area contributed by atoms with E-state index in [9.17, 15) is 0 Å². The molecule has 5 aromatic rings. The molecule has 0 atom stereocenters. The summed E-state index contributed by atoms with van der Waals surface area (Å²) in [7, 11) is 2.13. The summed E-state index contributed by atoms with van der Waals surface area (Å²) >= 11 is 1.72. The Morgan fingerprint density at radius 2 is 1.67 bits per heavy atom. The Bertz CT molecular complexity index is 1230. The van der Waals surface area contributed by atoms with Gasteiger partial charge in [0.1, 0.15) is 7.05 Å². The molecule has 0 aliphatic carbocycles. The lowest BCUT2D eigenvalue weighted by molar-refractivity contribution is -0.628. The molecule has 2 heterocycles. The highest BCUT2D eigenvalue weighted by molar-refractivity contribution is 7.20. The van der Waals surface area contributed by atoms with Gasteiger partial charge in [-0.25, -0.2) is 0 Å². The molecular weight excluding hydrogens is 314 g/mol. The van der Waals surface area contributed by atoms with E-state index in [0.717, 1.165) is 10.5 Å². The van der Waals surface area contributed by atoms with E-state index in [0.29, 0.717) is 0 Å². The molecule has 116 valence electrons. The number of aromatic nitrogens is 1. The predicted molar refractivity (Wildman–Crippen MR) is 100 cm³/mol. The summed E-state index contributed by atoms with van der Waals surface area (Å²) in [4.78, 5) is 0.988. The summed E-state index contributed by atoms with van der Waals surface area (Å²) in [5, 5.41) is 4.81. The Morgan fingerprint density at radius 1 is 0.875 bits per heavy atom. The van der Waals surface area contributed by atoms with E-state index in [1.54, 1.807) is 11.3 Å². The van der Waals surface area contributed by atoms with Gasteiger partial charge in [0.15, 0.2) is 5.58 Å². The van der Waals surface area contributed by atoms with Gasteiger partial charge < -0.3 is 4.42 Å². The Morgan fingerprint density at radius 3 is 2.54 bits per heavy atom. The van der Waals surface area contributed by atoms with Crippen molar-refractivity contribution in [2.45, 2.75) is 6.92 Å². The third-order valence-electron chi connectivity index (χ3n) is 4.73. The topological polar surface area (TPSA) is 17.0 Å². The average molecular weight is 330 g/mol. The molecule has 2 nitrogen and oxygen atoms in total. The van der Waals surface area contributed by atoms with E-state index >= 15 is 0 Å². The first-order valence-corrected chi connectivity index (χ1v) is 8.84. The van der Waals surface area contributed by atoms with Crippen molar-refractivity contribution < 1.29 is 8.98 Å². The minimum Gasteiger partial charge on any atom is -0.438 e. The number of thiazole rings is 1. The third-order valence-corrected chi connectivity index (χ3v) is 5.88. The van der Waals surface area contributed by atoms with Crippen LogP contribution in [0.25, 0.3) is 42.7 Å². The molecular formula is C21H16NOS+. The second kappa shape index (κ2) is 4.92. The Balaban J connectivity index is 1.88. The van der Waals surface area contributed by atoms with Gasteiger partial charge in [-0.2, -0.15) is 4.57 Å². The monoisotopic (exact) mass is 330 g/mol. The number of benzene rings is 3. The summed E-state index contributed by atoms with van der Waals surface area (Å²) in [6.45, 7) is 2.16. The van der Waals surface area contributed by atoms with E-state index < -0.39 is 0 Å². The number of rotatable bonds is 1. The number of furan rings is 1. The zero-order chi connectivity index (χ0) is 16.3. The van der Waals surface area contributed by atoms with E-state index in [1.807, 2.05) is 0 Å². The van der Waals surface area contributed by atoms with Gasteiger partial charge >= 0.3 is 0 Å². The number of hydrogen-bond donors (Lipinski definition) is 0. The van der Waals surface area contributed by atoms with Gasteiger partial charge in [-0.05, 0) is 41.3 Å². The van der Waals surface area contributed by atoms with Gasteiger partial charge in [-0.3, -0.25) is 0 Å². The van der Waals surface area contributed by atoms with Crippen LogP contribution in [0.15, 0.2) is 65.1 Å². The van der Waals surface area contributed by atoms with Crippen molar-refractivity contribution >= 4 is 43.5 Å². The molecule has 0 radical (unpaired) electrons. The minimum absolute atomic E-state index is 0.987. The lowest BCUT2D eigenvalue weighted by Crippen LogP contribution is -2.28. The van der Waals surface area contributed by atoms with Crippen LogP contribution in [-0.4, -0.2) is 0 Å². The third kappa shape index (κ3) is 1.79. The standard InChI is InChI=1S/C21H16NOS/c1-13-7-3-5-9-15(13)20-22(2)18-17-12-11-14-8-4-6-10-16(14)19(17)23-21(18)24-20/h3-12H,1-2H3/q+1. The van der Waals surface area contributed by atoms with Gasteiger partial charge in [0.05, 0.1) is 10.9 Å². The molecule has 0 unspecified atom stereocenters. The van der Waals surface area contributed by atoms with Crippen molar-refractivity contribution in [2.24, 2.45) is 7.05 Å². The van der Waals surface area contributed by atoms with Gasteiger partial charge in [-0.15, -0.1) is 0 Å². The summed E-state index contributed by atoms with van der Waals surface area (Å²) in [6, 6.07) is 21.3. The lowest BCUT2D eigenvalue weighted by Gasteiger charge is -2.00. The van der Waals surface area contributed by atoms with Crippen LogP contribution >= 0.6 is 11.3 Å². The maximum Gasteiger partial charge on any atom is 0.273 e. The maximum absolute atomic E-state index is 6.29. The summed E-state index contributed by atoms with van der Waals surface area (Å²) < 4.78 is 8.55. The molecule has 0 amide bonds. The fourth-order valence-corrected chi connectivity index (χ4v) is 4.69. The van der Waals surface area contributed by atoms with Crippen molar-refractivity contribution in [2.75, 3.05) is 0 Å². The molecule has 0 aliphatic rings. The SMILES string of the molecule is Cc1ccccc1-c1sc2oc3c4ccccc4ccc3c2[n+]1C. The molecule has 0 spiro atoms. The molecule has 0 saturated heterocycles. The quantitative estimate of drug-likeness (QED) is 0.366. The zero-order valence-corrected chi connectivity index (χ0v) is 14.4. The Hall–Kier alpha value is -2.65. The molecule has 3 heteroatoms. The molecule has 5 rings (SSSR count). The highest BCUT2D eigenvalue weighted by Crippen LogP contribution is 2.38. The first-order valence-electron chi connectivity index (χ1n) is 8.03. The van der Waals surface area contributed by atoms with Crippen molar-refractivity contribution in [1.82, 2.24) is 0 Å². The van der Waals surface area contributed by atoms with Crippen LogP contribution in [0.5, 0.6) is 0 Å². The maximum atomic E-state index is 6.29. The Labute approximate surface area is 143 Å². The molecule has 0 N–H and O–H groups in total. The van der Waals surface area contributed by atoms with Crippen molar-refractivity contribution in [3.05, 3.63) is 66.2 Å². The second-order valence-corrected chi connectivity index (χ2v) is 7.14. The number of aryl methyl sites for hydroxylation is 2. The fourth-order valence-electron chi connectivity index (χ4n) is 3.48.